The van der Waals surface area contributed by atoms with E-state index in [1.54, 1.807) is 14.0 Å². The van der Waals surface area contributed by atoms with E-state index in [0.717, 1.165) is 27.4 Å². The quantitative estimate of drug-likeness (QED) is 0.639. The molecule has 0 atom stereocenters. The zero-order valence-corrected chi connectivity index (χ0v) is 16.4. The van der Waals surface area contributed by atoms with E-state index < -0.39 is 5.97 Å². The van der Waals surface area contributed by atoms with Gasteiger partial charge < -0.3 is 14.8 Å². The molecule has 0 spiro atoms. The van der Waals surface area contributed by atoms with Gasteiger partial charge in [-0.3, -0.25) is 0 Å². The molecule has 27 heavy (non-hydrogen) atoms. The highest BCUT2D eigenvalue weighted by atomic mass is 32.1. The molecule has 0 aliphatic heterocycles. The Morgan fingerprint density at radius 1 is 1.30 bits per heavy atom. The van der Waals surface area contributed by atoms with Crippen LogP contribution in [0.4, 0.5) is 10.9 Å². The Morgan fingerprint density at radius 3 is 2.81 bits per heavy atom. The Labute approximate surface area is 161 Å². The molecule has 0 saturated heterocycles. The zero-order valence-electron chi connectivity index (χ0n) is 15.6. The van der Waals surface area contributed by atoms with Crippen molar-refractivity contribution in [1.29, 1.82) is 0 Å². The van der Waals surface area contributed by atoms with Crippen molar-refractivity contribution in [3.63, 3.8) is 0 Å². The van der Waals surface area contributed by atoms with Crippen LogP contribution in [0, 0.1) is 13.8 Å². The Morgan fingerprint density at radius 2 is 2.11 bits per heavy atom. The van der Waals surface area contributed by atoms with Crippen molar-refractivity contribution in [3.05, 3.63) is 46.7 Å². The molecule has 0 amide bonds. The Kier molecular flexibility index (Phi) is 5.66. The number of anilines is 2. The molecule has 3 aromatic rings. The van der Waals surface area contributed by atoms with E-state index in [-0.39, 0.29) is 12.2 Å². The van der Waals surface area contributed by atoms with Crippen LogP contribution in [0.3, 0.4) is 0 Å². The molecule has 1 N–H and O–H groups in total. The maximum atomic E-state index is 12.1. The number of carbonyl (C=O) groups is 1. The first-order valence-electron chi connectivity index (χ1n) is 8.40. The van der Waals surface area contributed by atoms with Crippen molar-refractivity contribution in [2.24, 2.45) is 0 Å². The summed E-state index contributed by atoms with van der Waals surface area (Å²) in [6.07, 6.45) is 2.81. The molecular weight excluding hydrogens is 364 g/mol. The maximum Gasteiger partial charge on any atom is 0.343 e. The average molecular weight is 384 g/mol. The Balaban J connectivity index is 1.90. The van der Waals surface area contributed by atoms with Crippen molar-refractivity contribution in [2.75, 3.05) is 19.0 Å². The molecule has 0 fully saturated rings. The van der Waals surface area contributed by atoms with Gasteiger partial charge in [0.2, 0.25) is 0 Å². The smallest absolute Gasteiger partial charge is 0.343 e. The zero-order chi connectivity index (χ0) is 19.4. The van der Waals surface area contributed by atoms with Crippen LogP contribution in [-0.4, -0.2) is 34.6 Å². The van der Waals surface area contributed by atoms with Gasteiger partial charge in [0.05, 0.1) is 19.4 Å². The van der Waals surface area contributed by atoms with Crippen molar-refractivity contribution in [1.82, 2.24) is 15.0 Å². The number of nitrogens with one attached hydrogen (secondary N) is 1. The van der Waals surface area contributed by atoms with E-state index in [1.165, 1.54) is 23.9 Å². The number of aromatic nitrogens is 3. The van der Waals surface area contributed by atoms with E-state index in [1.807, 2.05) is 32.0 Å². The lowest BCUT2D eigenvalue weighted by Gasteiger charge is -2.07. The van der Waals surface area contributed by atoms with E-state index in [0.29, 0.717) is 10.9 Å². The molecule has 0 unspecified atom stereocenters. The minimum absolute atomic E-state index is 0.272. The third-order valence-corrected chi connectivity index (χ3v) is 4.78. The molecule has 140 valence electrons. The molecule has 0 aliphatic carbocycles. The van der Waals surface area contributed by atoms with Crippen molar-refractivity contribution in [2.45, 2.75) is 20.8 Å². The van der Waals surface area contributed by atoms with Crippen LogP contribution in [0.2, 0.25) is 0 Å². The minimum Gasteiger partial charge on any atom is -0.496 e. The molecule has 8 heteroatoms. The molecule has 1 aromatic carbocycles. The molecule has 3 rings (SSSR count). The number of aryl methyl sites for hydroxylation is 2. The highest BCUT2D eigenvalue weighted by Gasteiger charge is 2.17. The number of hydrogen-bond donors (Lipinski definition) is 1. The number of rotatable bonds is 6. The first kappa shape index (κ1) is 18.8. The van der Waals surface area contributed by atoms with Gasteiger partial charge in [-0.1, -0.05) is 0 Å². The first-order valence-corrected chi connectivity index (χ1v) is 9.21. The second-order valence-corrected chi connectivity index (χ2v) is 6.94. The lowest BCUT2D eigenvalue weighted by atomic mass is 10.1. The van der Waals surface area contributed by atoms with Gasteiger partial charge >= 0.3 is 5.97 Å². The molecule has 2 heterocycles. The SMILES string of the molecule is CCOC(=O)c1cncnc1Nc1nc(-c2ccc(OC)c(C)c2)c(C)s1. The predicted molar refractivity (Wildman–Crippen MR) is 105 cm³/mol. The average Bonchev–Trinajstić information content (AvgIpc) is 3.02. The summed E-state index contributed by atoms with van der Waals surface area (Å²) in [5.74, 6) is 0.736. The summed E-state index contributed by atoms with van der Waals surface area (Å²) in [6.45, 7) is 6.03. The summed E-state index contributed by atoms with van der Waals surface area (Å²) in [4.78, 5) is 25.9. The first-order chi connectivity index (χ1) is 13.0. The number of benzene rings is 1. The number of carbonyl (C=O) groups excluding carboxylic acids is 1. The number of esters is 1. The maximum absolute atomic E-state index is 12.1. The highest BCUT2D eigenvalue weighted by Crippen LogP contribution is 2.34. The lowest BCUT2D eigenvalue weighted by Crippen LogP contribution is -2.09. The molecular formula is C19H20N4O3S. The van der Waals surface area contributed by atoms with Crippen molar-refractivity contribution in [3.8, 4) is 17.0 Å². The largest absolute Gasteiger partial charge is 0.496 e. The van der Waals surface area contributed by atoms with Crippen LogP contribution in [-0.2, 0) is 4.74 Å². The van der Waals surface area contributed by atoms with Gasteiger partial charge in [-0.2, -0.15) is 0 Å². The van der Waals surface area contributed by atoms with Crippen LogP contribution in [0.15, 0.2) is 30.7 Å². The fourth-order valence-corrected chi connectivity index (χ4v) is 3.47. The van der Waals surface area contributed by atoms with Crippen LogP contribution in [0.1, 0.15) is 27.7 Å². The number of hydrogen-bond acceptors (Lipinski definition) is 8. The Bertz CT molecular complexity index is 971. The third-order valence-electron chi connectivity index (χ3n) is 3.90. The van der Waals surface area contributed by atoms with Gasteiger partial charge in [-0.05, 0) is 44.5 Å². The van der Waals surface area contributed by atoms with E-state index >= 15 is 0 Å². The number of methoxy groups -OCH3 is 1. The van der Waals surface area contributed by atoms with E-state index in [4.69, 9.17) is 9.47 Å². The normalized spacial score (nSPS) is 10.5. The molecule has 0 radical (unpaired) electrons. The topological polar surface area (TPSA) is 86.2 Å². The van der Waals surface area contributed by atoms with Crippen molar-refractivity contribution < 1.29 is 14.3 Å². The second kappa shape index (κ2) is 8.13. The van der Waals surface area contributed by atoms with E-state index in [9.17, 15) is 4.79 Å². The van der Waals surface area contributed by atoms with Gasteiger partial charge in [0, 0.05) is 16.6 Å². The number of thiazole rings is 1. The highest BCUT2D eigenvalue weighted by molar-refractivity contribution is 7.16. The number of nitrogens with zero attached hydrogens (tertiary/aromatic N) is 3. The molecule has 2 aromatic heterocycles. The van der Waals surface area contributed by atoms with E-state index in [2.05, 4.69) is 20.3 Å². The molecule has 7 nitrogen and oxygen atoms in total. The summed E-state index contributed by atoms with van der Waals surface area (Å²) in [6, 6.07) is 5.95. The number of ether oxygens (including phenoxy) is 2. The van der Waals surface area contributed by atoms with Crippen molar-refractivity contribution >= 4 is 28.3 Å². The Hall–Kier alpha value is -3.00. The summed E-state index contributed by atoms with van der Waals surface area (Å²) >= 11 is 1.49. The standard InChI is InChI=1S/C19H20N4O3S/c1-5-26-18(24)14-9-20-10-21-17(14)23-19-22-16(12(3)27-19)13-6-7-15(25-4)11(2)8-13/h6-10H,5H2,1-4H3,(H,20,21,22,23). The second-order valence-electron chi connectivity index (χ2n) is 5.74. The van der Waals surface area contributed by atoms with Gasteiger partial charge in [0.1, 0.15) is 23.5 Å². The van der Waals surface area contributed by atoms with Crippen LogP contribution >= 0.6 is 11.3 Å². The lowest BCUT2D eigenvalue weighted by molar-refractivity contribution is 0.0526. The molecule has 0 saturated carbocycles. The molecule has 0 bridgehead atoms. The molecule has 0 aliphatic rings. The monoisotopic (exact) mass is 384 g/mol. The minimum atomic E-state index is -0.472. The summed E-state index contributed by atoms with van der Waals surface area (Å²) in [7, 11) is 1.65. The predicted octanol–water partition coefficient (Wildman–Crippen LogP) is 4.15. The van der Waals surface area contributed by atoms with Gasteiger partial charge in [-0.15, -0.1) is 11.3 Å². The third kappa shape index (κ3) is 4.06. The van der Waals surface area contributed by atoms with Gasteiger partial charge in [0.15, 0.2) is 5.13 Å². The van der Waals surface area contributed by atoms with Gasteiger partial charge in [0.25, 0.3) is 0 Å². The van der Waals surface area contributed by atoms with Crippen LogP contribution in [0.25, 0.3) is 11.3 Å². The van der Waals surface area contributed by atoms with Gasteiger partial charge in [-0.25, -0.2) is 19.7 Å². The summed E-state index contributed by atoms with van der Waals surface area (Å²) < 4.78 is 10.4. The van der Waals surface area contributed by atoms with Crippen LogP contribution in [0.5, 0.6) is 5.75 Å². The fourth-order valence-electron chi connectivity index (χ4n) is 2.63. The summed E-state index contributed by atoms with van der Waals surface area (Å²) in [5, 5.41) is 3.75. The van der Waals surface area contributed by atoms with Crippen LogP contribution < -0.4 is 10.1 Å². The fraction of sp³-hybridized carbons (Fsp3) is 0.263. The summed E-state index contributed by atoms with van der Waals surface area (Å²) in [5.41, 5.74) is 3.19.